The molecule has 0 aliphatic carbocycles. The first-order valence-electron chi connectivity index (χ1n) is 5.05. The summed E-state index contributed by atoms with van der Waals surface area (Å²) in [5.41, 5.74) is 2.62. The monoisotopic (exact) mass is 209 g/mol. The molecule has 3 aromatic rings. The number of rotatable bonds is 1. The average Bonchev–Trinajstić information content (AvgIpc) is 2.73. The highest BCUT2D eigenvalue weighted by Crippen LogP contribution is 2.22. The molecule has 3 nitrogen and oxygen atoms in total. The Morgan fingerprint density at radius 2 is 1.81 bits per heavy atom. The molecule has 0 amide bonds. The molecule has 1 aromatic heterocycles. The second-order valence-electron chi connectivity index (χ2n) is 3.63. The molecular weight excluding hydrogens is 200 g/mol. The summed E-state index contributed by atoms with van der Waals surface area (Å²) < 4.78 is 0. The summed E-state index contributed by atoms with van der Waals surface area (Å²) in [6.45, 7) is 0. The second-order valence-corrected chi connectivity index (χ2v) is 3.63. The molecule has 1 N–H and O–H groups in total. The number of benzene rings is 2. The summed E-state index contributed by atoms with van der Waals surface area (Å²) in [4.78, 5) is 7.58. The lowest BCUT2D eigenvalue weighted by Gasteiger charge is -1.93. The minimum Gasteiger partial charge on any atom is -0.338 e. The number of imidazole rings is 1. The van der Waals surface area contributed by atoms with E-state index in [-0.39, 0.29) is 5.75 Å². The van der Waals surface area contributed by atoms with Crippen LogP contribution in [0.5, 0.6) is 5.75 Å². The number of aromatic nitrogens is 2. The fraction of sp³-hybridized carbons (Fsp3) is 0. The highest BCUT2D eigenvalue weighted by Gasteiger charge is 2.05. The molecule has 0 saturated heterocycles. The molecule has 0 bridgehead atoms. The molecule has 1 heterocycles. The van der Waals surface area contributed by atoms with Crippen LogP contribution in [0.2, 0.25) is 0 Å². The van der Waals surface area contributed by atoms with Crippen LogP contribution in [0.4, 0.5) is 0 Å². The molecule has 0 saturated carbocycles. The predicted octanol–water partition coefficient (Wildman–Crippen LogP) is 3.37. The van der Waals surface area contributed by atoms with Gasteiger partial charge in [-0.25, -0.2) is 4.98 Å². The van der Waals surface area contributed by atoms with Gasteiger partial charge in [-0.2, -0.15) is 0 Å². The van der Waals surface area contributed by atoms with Crippen molar-refractivity contribution in [3.05, 3.63) is 48.5 Å². The van der Waals surface area contributed by atoms with Crippen LogP contribution >= 0.6 is 0 Å². The topological polar surface area (TPSA) is 48.6 Å². The quantitative estimate of drug-likeness (QED) is 0.656. The van der Waals surface area contributed by atoms with Crippen molar-refractivity contribution in [1.82, 2.24) is 9.97 Å². The molecule has 0 atom stereocenters. The van der Waals surface area contributed by atoms with Crippen molar-refractivity contribution >= 4 is 11.0 Å². The molecular formula is C13H9N2O. The van der Waals surface area contributed by atoms with Gasteiger partial charge in [0.05, 0.1) is 11.0 Å². The van der Waals surface area contributed by atoms with Crippen molar-refractivity contribution in [2.24, 2.45) is 0 Å². The minimum atomic E-state index is -0.0152. The number of nitrogens with one attached hydrogen (secondary N) is 1. The van der Waals surface area contributed by atoms with Gasteiger partial charge in [0.1, 0.15) is 5.82 Å². The molecule has 1 radical (unpaired) electrons. The molecule has 0 aliphatic rings. The molecule has 0 fully saturated rings. The molecule has 0 spiro atoms. The third-order valence-corrected chi connectivity index (χ3v) is 2.50. The van der Waals surface area contributed by atoms with Gasteiger partial charge in [0.2, 0.25) is 0 Å². The summed E-state index contributed by atoms with van der Waals surface area (Å²) in [6.07, 6.45) is 0. The van der Waals surface area contributed by atoms with E-state index < -0.39 is 0 Å². The zero-order valence-electron chi connectivity index (χ0n) is 8.47. The minimum absolute atomic E-state index is 0.0152. The van der Waals surface area contributed by atoms with E-state index in [1.165, 1.54) is 12.1 Å². The van der Waals surface area contributed by atoms with Crippen LogP contribution < -0.4 is 0 Å². The summed E-state index contributed by atoms with van der Waals surface area (Å²) in [5, 5.41) is 11.2. The van der Waals surface area contributed by atoms with Crippen LogP contribution in [0.15, 0.2) is 48.5 Å². The first kappa shape index (κ1) is 8.97. The van der Waals surface area contributed by atoms with E-state index in [4.69, 9.17) is 0 Å². The molecule has 77 valence electrons. The zero-order chi connectivity index (χ0) is 11.0. The number of hydrogen-bond donors (Lipinski definition) is 1. The summed E-state index contributed by atoms with van der Waals surface area (Å²) in [6, 6.07) is 14.7. The van der Waals surface area contributed by atoms with Crippen molar-refractivity contribution in [3.8, 4) is 17.1 Å². The predicted molar refractivity (Wildman–Crippen MR) is 61.7 cm³/mol. The van der Waals surface area contributed by atoms with E-state index in [0.29, 0.717) is 5.52 Å². The van der Waals surface area contributed by atoms with Crippen molar-refractivity contribution in [1.29, 1.82) is 0 Å². The molecule has 2 aromatic carbocycles. The Bertz CT molecular complexity index is 629. The van der Waals surface area contributed by atoms with Gasteiger partial charge in [-0.05, 0) is 12.1 Å². The summed E-state index contributed by atoms with van der Waals surface area (Å²) in [5.74, 6) is 0.778. The highest BCUT2D eigenvalue weighted by molar-refractivity contribution is 5.80. The van der Waals surface area contributed by atoms with E-state index in [1.54, 1.807) is 6.07 Å². The third-order valence-electron chi connectivity index (χ3n) is 2.50. The standard InChI is InChI=1S/C13H9N2O/c16-10-6-7-11-12(8-10)15-13(14-11)9-4-2-1-3-5-9/h1-8H,(H,14,15). The van der Waals surface area contributed by atoms with Crippen molar-refractivity contribution in [2.75, 3.05) is 0 Å². The summed E-state index contributed by atoms with van der Waals surface area (Å²) in [7, 11) is 0. The van der Waals surface area contributed by atoms with Crippen LogP contribution in [0.3, 0.4) is 0 Å². The van der Waals surface area contributed by atoms with Gasteiger partial charge in [-0.1, -0.05) is 30.3 Å². The smallest absolute Gasteiger partial charge is 0.180 e. The Kier molecular flexibility index (Phi) is 1.90. The Morgan fingerprint density at radius 3 is 2.62 bits per heavy atom. The van der Waals surface area contributed by atoms with Gasteiger partial charge in [0, 0.05) is 11.6 Å². The van der Waals surface area contributed by atoms with E-state index in [9.17, 15) is 5.11 Å². The first-order valence-corrected chi connectivity index (χ1v) is 5.05. The second kappa shape index (κ2) is 3.38. The van der Waals surface area contributed by atoms with Crippen molar-refractivity contribution in [2.45, 2.75) is 0 Å². The largest absolute Gasteiger partial charge is 0.338 e. The Morgan fingerprint density at radius 1 is 1.00 bits per heavy atom. The molecule has 0 aliphatic heterocycles. The van der Waals surface area contributed by atoms with E-state index in [2.05, 4.69) is 9.97 Å². The van der Waals surface area contributed by atoms with E-state index in [1.807, 2.05) is 30.3 Å². The average molecular weight is 209 g/mol. The van der Waals surface area contributed by atoms with Crippen molar-refractivity contribution in [3.63, 3.8) is 0 Å². The van der Waals surface area contributed by atoms with Crippen LogP contribution in [0.25, 0.3) is 22.4 Å². The number of H-pyrrole nitrogens is 1. The maximum atomic E-state index is 11.2. The van der Waals surface area contributed by atoms with Crippen LogP contribution in [0.1, 0.15) is 0 Å². The third kappa shape index (κ3) is 1.42. The summed E-state index contributed by atoms with van der Waals surface area (Å²) >= 11 is 0. The first-order chi connectivity index (χ1) is 7.83. The zero-order valence-corrected chi connectivity index (χ0v) is 8.47. The van der Waals surface area contributed by atoms with Crippen LogP contribution in [0, 0.1) is 0 Å². The van der Waals surface area contributed by atoms with Gasteiger partial charge in [-0.3, -0.25) is 5.11 Å². The molecule has 0 unspecified atom stereocenters. The Hall–Kier alpha value is -2.29. The van der Waals surface area contributed by atoms with Crippen LogP contribution in [-0.4, -0.2) is 9.97 Å². The van der Waals surface area contributed by atoms with Crippen LogP contribution in [-0.2, 0) is 5.11 Å². The van der Waals surface area contributed by atoms with E-state index in [0.717, 1.165) is 16.9 Å². The van der Waals surface area contributed by atoms with Gasteiger partial charge >= 0.3 is 0 Å². The van der Waals surface area contributed by atoms with Gasteiger partial charge in [-0.15, -0.1) is 0 Å². The van der Waals surface area contributed by atoms with Crippen molar-refractivity contribution < 1.29 is 5.11 Å². The number of fused-ring (bicyclic) bond motifs is 1. The molecule has 3 rings (SSSR count). The number of aromatic amines is 1. The van der Waals surface area contributed by atoms with Gasteiger partial charge in [0.25, 0.3) is 0 Å². The fourth-order valence-electron chi connectivity index (χ4n) is 1.72. The van der Waals surface area contributed by atoms with E-state index >= 15 is 0 Å². The van der Waals surface area contributed by atoms with Gasteiger partial charge < -0.3 is 4.98 Å². The lowest BCUT2D eigenvalue weighted by molar-refractivity contribution is 0.355. The lowest BCUT2D eigenvalue weighted by atomic mass is 10.2. The highest BCUT2D eigenvalue weighted by atomic mass is 16.3. The number of hydrogen-bond acceptors (Lipinski definition) is 1. The fourth-order valence-corrected chi connectivity index (χ4v) is 1.72. The maximum absolute atomic E-state index is 11.2. The Balaban J connectivity index is 2.19. The SMILES string of the molecule is [O]c1ccc2[nH]c(-c3ccccc3)nc2c1. The molecule has 16 heavy (non-hydrogen) atoms. The Labute approximate surface area is 92.4 Å². The van der Waals surface area contributed by atoms with Gasteiger partial charge in [0.15, 0.2) is 5.75 Å². The molecule has 3 heteroatoms. The number of nitrogens with zero attached hydrogens (tertiary/aromatic N) is 1. The lowest BCUT2D eigenvalue weighted by Crippen LogP contribution is -1.77. The normalized spacial score (nSPS) is 10.8. The maximum Gasteiger partial charge on any atom is 0.180 e.